The van der Waals surface area contributed by atoms with Gasteiger partial charge in [0.2, 0.25) is 0 Å². The van der Waals surface area contributed by atoms with Crippen molar-refractivity contribution in [1.82, 2.24) is 4.90 Å². The predicted octanol–water partition coefficient (Wildman–Crippen LogP) is 2.55. The zero-order chi connectivity index (χ0) is 17.0. The second-order valence-corrected chi connectivity index (χ2v) is 5.99. The molecule has 124 valence electrons. The van der Waals surface area contributed by atoms with E-state index in [1.165, 1.54) is 23.3 Å². The molecule has 0 atom stereocenters. The summed E-state index contributed by atoms with van der Waals surface area (Å²) in [4.78, 5) is 25.7. The first-order valence-electron chi connectivity index (χ1n) is 6.98. The number of thiophene rings is 1. The largest absolute Gasteiger partial charge is 0.493 e. The number of hydrogen-bond acceptors (Lipinski definition) is 6. The monoisotopic (exact) mass is 337 g/mol. The lowest BCUT2D eigenvalue weighted by Crippen LogP contribution is -2.28. The topological polar surface area (TPSA) is 65.1 Å². The summed E-state index contributed by atoms with van der Waals surface area (Å²) in [6.07, 6.45) is 0.172. The van der Waals surface area contributed by atoms with E-state index in [2.05, 4.69) is 4.74 Å². The molecule has 0 saturated heterocycles. The van der Waals surface area contributed by atoms with Gasteiger partial charge in [0.05, 0.1) is 32.6 Å². The molecule has 0 fully saturated rings. The molecule has 23 heavy (non-hydrogen) atoms. The quantitative estimate of drug-likeness (QED) is 0.758. The van der Waals surface area contributed by atoms with Crippen molar-refractivity contribution in [2.75, 3.05) is 34.9 Å². The van der Waals surface area contributed by atoms with Crippen LogP contribution in [-0.4, -0.2) is 51.7 Å². The first-order chi connectivity index (χ1) is 11.0. The first-order valence-corrected chi connectivity index (χ1v) is 7.79. The fraction of sp³-hybridized carbons (Fsp3) is 0.375. The Morgan fingerprint density at radius 1 is 1.09 bits per heavy atom. The van der Waals surface area contributed by atoms with Gasteiger partial charge in [-0.05, 0) is 17.5 Å². The minimum Gasteiger partial charge on any atom is -0.493 e. The van der Waals surface area contributed by atoms with Gasteiger partial charge >= 0.3 is 5.97 Å². The Labute approximate surface area is 138 Å². The van der Waals surface area contributed by atoms with Crippen LogP contribution in [0.25, 0.3) is 10.1 Å². The maximum Gasteiger partial charge on any atom is 0.307 e. The molecule has 6 nitrogen and oxygen atoms in total. The highest BCUT2D eigenvalue weighted by atomic mass is 32.1. The van der Waals surface area contributed by atoms with Gasteiger partial charge in [0.25, 0.3) is 5.91 Å². The highest BCUT2D eigenvalue weighted by Crippen LogP contribution is 2.36. The zero-order valence-corrected chi connectivity index (χ0v) is 14.4. The number of benzene rings is 1. The van der Waals surface area contributed by atoms with E-state index in [1.807, 2.05) is 18.2 Å². The second kappa shape index (κ2) is 7.32. The SMILES string of the molecule is COC(=O)CCN(C)C(=O)c1cc2cc(OC)c(OC)cc2s1. The van der Waals surface area contributed by atoms with E-state index in [4.69, 9.17) is 9.47 Å². The van der Waals surface area contributed by atoms with Gasteiger partial charge in [-0.3, -0.25) is 9.59 Å². The molecule has 1 aromatic carbocycles. The molecule has 0 bridgehead atoms. The number of carbonyl (C=O) groups is 2. The van der Waals surface area contributed by atoms with Crippen LogP contribution >= 0.6 is 11.3 Å². The Balaban J connectivity index is 2.22. The van der Waals surface area contributed by atoms with Gasteiger partial charge in [-0.2, -0.15) is 0 Å². The summed E-state index contributed by atoms with van der Waals surface area (Å²) in [5.74, 6) is 0.777. The van der Waals surface area contributed by atoms with Crippen LogP contribution in [0.1, 0.15) is 16.1 Å². The van der Waals surface area contributed by atoms with Gasteiger partial charge in [0.1, 0.15) is 0 Å². The molecule has 0 unspecified atom stereocenters. The summed E-state index contributed by atoms with van der Waals surface area (Å²) in [5.41, 5.74) is 0. The molecular weight excluding hydrogens is 318 g/mol. The number of amides is 1. The molecule has 1 aromatic heterocycles. The zero-order valence-electron chi connectivity index (χ0n) is 13.5. The van der Waals surface area contributed by atoms with Gasteiger partial charge < -0.3 is 19.1 Å². The van der Waals surface area contributed by atoms with E-state index in [0.29, 0.717) is 22.9 Å². The van der Waals surface area contributed by atoms with Crippen LogP contribution in [0.15, 0.2) is 18.2 Å². The first kappa shape index (κ1) is 17.1. The molecule has 0 aliphatic carbocycles. The number of fused-ring (bicyclic) bond motifs is 1. The number of esters is 1. The van der Waals surface area contributed by atoms with E-state index >= 15 is 0 Å². The molecule has 2 rings (SSSR count). The van der Waals surface area contributed by atoms with E-state index in [1.54, 1.807) is 21.3 Å². The standard InChI is InChI=1S/C16H19NO5S/c1-17(6-5-15(18)22-4)16(19)14-8-10-7-11(20-2)12(21-3)9-13(10)23-14/h7-9H,5-6H2,1-4H3. The summed E-state index contributed by atoms with van der Waals surface area (Å²) < 4.78 is 16.1. The Kier molecular flexibility index (Phi) is 5.44. The number of methoxy groups -OCH3 is 3. The molecule has 0 aliphatic rings. The summed E-state index contributed by atoms with van der Waals surface area (Å²) in [6.45, 7) is 0.312. The highest BCUT2D eigenvalue weighted by molar-refractivity contribution is 7.20. The number of rotatable bonds is 6. The maximum atomic E-state index is 12.4. The van der Waals surface area contributed by atoms with Crippen LogP contribution in [0.3, 0.4) is 0 Å². The normalized spacial score (nSPS) is 10.4. The molecule has 2 aromatic rings. The van der Waals surface area contributed by atoms with Gasteiger partial charge in [0, 0.05) is 24.4 Å². The molecule has 0 N–H and O–H groups in total. The molecule has 7 heteroatoms. The van der Waals surface area contributed by atoms with Crippen molar-refractivity contribution in [2.24, 2.45) is 0 Å². The molecule has 1 heterocycles. The molecule has 0 radical (unpaired) electrons. The number of hydrogen-bond donors (Lipinski definition) is 0. The lowest BCUT2D eigenvalue weighted by atomic mass is 10.2. The van der Waals surface area contributed by atoms with Crippen LogP contribution < -0.4 is 9.47 Å². The minimum atomic E-state index is -0.338. The minimum absolute atomic E-state index is 0.131. The lowest BCUT2D eigenvalue weighted by molar-refractivity contribution is -0.140. The summed E-state index contributed by atoms with van der Waals surface area (Å²) in [5, 5.41) is 0.914. The molecule has 1 amide bonds. The Morgan fingerprint density at radius 2 is 1.74 bits per heavy atom. The number of ether oxygens (including phenoxy) is 3. The summed E-state index contributed by atoms with van der Waals surface area (Å²) >= 11 is 1.38. The number of carbonyl (C=O) groups excluding carboxylic acids is 2. The average Bonchev–Trinajstić information content (AvgIpc) is 2.99. The van der Waals surface area contributed by atoms with Crippen molar-refractivity contribution in [1.29, 1.82) is 0 Å². The Morgan fingerprint density at radius 3 is 2.35 bits per heavy atom. The molecule has 0 spiro atoms. The van der Waals surface area contributed by atoms with Crippen LogP contribution in [0.4, 0.5) is 0 Å². The summed E-state index contributed by atoms with van der Waals surface area (Å²) in [7, 11) is 6.14. The molecule has 0 aliphatic heterocycles. The van der Waals surface area contributed by atoms with Gasteiger partial charge in [-0.25, -0.2) is 0 Å². The van der Waals surface area contributed by atoms with Crippen molar-refractivity contribution in [3.8, 4) is 11.5 Å². The predicted molar refractivity (Wildman–Crippen MR) is 88.5 cm³/mol. The van der Waals surface area contributed by atoms with E-state index < -0.39 is 0 Å². The third-order valence-corrected chi connectivity index (χ3v) is 4.54. The fourth-order valence-corrected chi connectivity index (χ4v) is 3.19. The van der Waals surface area contributed by atoms with Crippen molar-refractivity contribution >= 4 is 33.3 Å². The lowest BCUT2D eigenvalue weighted by Gasteiger charge is -2.15. The van der Waals surface area contributed by atoms with Crippen LogP contribution in [0, 0.1) is 0 Å². The highest BCUT2D eigenvalue weighted by Gasteiger charge is 2.17. The Hall–Kier alpha value is -2.28. The fourth-order valence-electron chi connectivity index (χ4n) is 2.12. The van der Waals surface area contributed by atoms with E-state index in [9.17, 15) is 9.59 Å². The van der Waals surface area contributed by atoms with E-state index in [0.717, 1.165) is 10.1 Å². The van der Waals surface area contributed by atoms with Crippen molar-refractivity contribution in [3.63, 3.8) is 0 Å². The van der Waals surface area contributed by atoms with Crippen LogP contribution in [-0.2, 0) is 9.53 Å². The third-order valence-electron chi connectivity index (χ3n) is 3.46. The average molecular weight is 337 g/mol. The second-order valence-electron chi connectivity index (χ2n) is 4.91. The molecular formula is C16H19NO5S. The smallest absolute Gasteiger partial charge is 0.307 e. The van der Waals surface area contributed by atoms with Crippen LogP contribution in [0.2, 0.25) is 0 Å². The molecule has 0 saturated carbocycles. The summed E-state index contributed by atoms with van der Waals surface area (Å²) in [6, 6.07) is 5.51. The van der Waals surface area contributed by atoms with Crippen molar-refractivity contribution in [2.45, 2.75) is 6.42 Å². The van der Waals surface area contributed by atoms with Gasteiger partial charge in [0.15, 0.2) is 11.5 Å². The third kappa shape index (κ3) is 3.73. The van der Waals surface area contributed by atoms with Gasteiger partial charge in [-0.15, -0.1) is 11.3 Å². The van der Waals surface area contributed by atoms with E-state index in [-0.39, 0.29) is 18.3 Å². The maximum absolute atomic E-state index is 12.4. The number of nitrogens with zero attached hydrogens (tertiary/aromatic N) is 1. The van der Waals surface area contributed by atoms with Gasteiger partial charge in [-0.1, -0.05) is 0 Å². The van der Waals surface area contributed by atoms with Crippen molar-refractivity contribution in [3.05, 3.63) is 23.1 Å². The van der Waals surface area contributed by atoms with Crippen LogP contribution in [0.5, 0.6) is 11.5 Å². The van der Waals surface area contributed by atoms with Crippen molar-refractivity contribution < 1.29 is 23.8 Å². The Bertz CT molecular complexity index is 684.